The van der Waals surface area contributed by atoms with Crippen LogP contribution in [0.3, 0.4) is 0 Å². The molecule has 2 rings (SSSR count). The fourth-order valence-corrected chi connectivity index (χ4v) is 2.16. The highest BCUT2D eigenvalue weighted by Crippen LogP contribution is 2.22. The molecule has 0 bridgehead atoms. The summed E-state index contributed by atoms with van der Waals surface area (Å²) in [5, 5.41) is 3.47. The van der Waals surface area contributed by atoms with Gasteiger partial charge < -0.3 is 5.32 Å². The first-order chi connectivity index (χ1) is 6.25. The zero-order valence-corrected chi connectivity index (χ0v) is 8.53. The molecule has 2 heteroatoms. The van der Waals surface area contributed by atoms with Crippen molar-refractivity contribution in [3.8, 4) is 0 Å². The molecule has 1 heterocycles. The number of nitrogens with one attached hydrogen (secondary N) is 1. The number of thiocarbonyl (C=S) groups is 1. The van der Waals surface area contributed by atoms with E-state index in [1.807, 2.05) is 0 Å². The molecular weight excluding hydrogens is 178 g/mol. The number of para-hydroxylation sites is 1. The third-order valence-electron chi connectivity index (χ3n) is 2.34. The van der Waals surface area contributed by atoms with Crippen LogP contribution in [0, 0.1) is 0 Å². The lowest BCUT2D eigenvalue weighted by atomic mass is 10.1. The lowest BCUT2D eigenvalue weighted by Crippen LogP contribution is -2.15. The Kier molecular flexibility index (Phi) is 2.32. The Balaban J connectivity index is 2.38. The molecule has 1 unspecified atom stereocenters. The van der Waals surface area contributed by atoms with Gasteiger partial charge >= 0.3 is 0 Å². The third-order valence-corrected chi connectivity index (χ3v) is 2.65. The van der Waals surface area contributed by atoms with Gasteiger partial charge in [-0.25, -0.2) is 0 Å². The molecule has 0 spiro atoms. The zero-order chi connectivity index (χ0) is 9.26. The second-order valence-electron chi connectivity index (χ2n) is 3.62. The topological polar surface area (TPSA) is 12.0 Å². The number of anilines is 1. The average Bonchev–Trinajstić information content (AvgIpc) is 2.20. The second kappa shape index (κ2) is 3.46. The van der Waals surface area contributed by atoms with Crippen LogP contribution in [0.15, 0.2) is 24.3 Å². The van der Waals surface area contributed by atoms with Crippen molar-refractivity contribution in [2.75, 3.05) is 5.32 Å². The molecule has 0 fully saturated rings. The standard InChI is InChI=1S/C11H13NS/c1-8-6-10(13)7-9-4-2-3-5-11(9)12-8/h2-5,8,12H,6-7H2,1H3. The van der Waals surface area contributed by atoms with Gasteiger partial charge in [0.1, 0.15) is 0 Å². The molecule has 1 aromatic rings. The summed E-state index contributed by atoms with van der Waals surface area (Å²) in [7, 11) is 0. The predicted molar refractivity (Wildman–Crippen MR) is 60.4 cm³/mol. The first-order valence-corrected chi connectivity index (χ1v) is 5.02. The predicted octanol–water partition coefficient (Wildman–Crippen LogP) is 2.80. The van der Waals surface area contributed by atoms with Crippen molar-refractivity contribution in [1.82, 2.24) is 0 Å². The van der Waals surface area contributed by atoms with Crippen molar-refractivity contribution in [3.63, 3.8) is 0 Å². The van der Waals surface area contributed by atoms with Gasteiger partial charge in [-0.05, 0) is 29.8 Å². The van der Waals surface area contributed by atoms with E-state index in [9.17, 15) is 0 Å². The van der Waals surface area contributed by atoms with Crippen molar-refractivity contribution >= 4 is 22.8 Å². The Morgan fingerprint density at radius 3 is 3.00 bits per heavy atom. The third kappa shape index (κ3) is 1.89. The van der Waals surface area contributed by atoms with Crippen LogP contribution in [-0.2, 0) is 6.42 Å². The van der Waals surface area contributed by atoms with Gasteiger partial charge in [-0.15, -0.1) is 0 Å². The lowest BCUT2D eigenvalue weighted by Gasteiger charge is -2.11. The van der Waals surface area contributed by atoms with Crippen LogP contribution in [0.4, 0.5) is 5.69 Å². The van der Waals surface area contributed by atoms with Gasteiger partial charge in [0, 0.05) is 18.2 Å². The van der Waals surface area contributed by atoms with E-state index in [1.54, 1.807) is 0 Å². The first-order valence-electron chi connectivity index (χ1n) is 4.62. The monoisotopic (exact) mass is 191 g/mol. The zero-order valence-electron chi connectivity index (χ0n) is 7.71. The first kappa shape index (κ1) is 8.70. The van der Waals surface area contributed by atoms with Crippen LogP contribution in [0.25, 0.3) is 0 Å². The lowest BCUT2D eigenvalue weighted by molar-refractivity contribution is 0.846. The SMILES string of the molecule is CC1CC(=S)Cc2ccccc2N1. The van der Waals surface area contributed by atoms with E-state index in [4.69, 9.17) is 12.2 Å². The largest absolute Gasteiger partial charge is 0.382 e. The Morgan fingerprint density at radius 1 is 1.38 bits per heavy atom. The van der Waals surface area contributed by atoms with Crippen LogP contribution >= 0.6 is 12.2 Å². The van der Waals surface area contributed by atoms with Crippen molar-refractivity contribution < 1.29 is 0 Å². The van der Waals surface area contributed by atoms with E-state index in [0.29, 0.717) is 6.04 Å². The van der Waals surface area contributed by atoms with E-state index < -0.39 is 0 Å². The second-order valence-corrected chi connectivity index (χ2v) is 4.20. The van der Waals surface area contributed by atoms with Gasteiger partial charge in [-0.1, -0.05) is 30.4 Å². The summed E-state index contributed by atoms with van der Waals surface area (Å²) < 4.78 is 0. The number of hydrogen-bond acceptors (Lipinski definition) is 2. The van der Waals surface area contributed by atoms with Crippen LogP contribution in [0.2, 0.25) is 0 Å². The molecule has 0 radical (unpaired) electrons. The quantitative estimate of drug-likeness (QED) is 0.633. The molecule has 1 N–H and O–H groups in total. The molecule has 1 nitrogen and oxygen atoms in total. The minimum absolute atomic E-state index is 0.469. The molecule has 0 aliphatic carbocycles. The summed E-state index contributed by atoms with van der Waals surface area (Å²) >= 11 is 5.31. The van der Waals surface area contributed by atoms with Gasteiger partial charge in [-0.2, -0.15) is 0 Å². The molecule has 0 saturated heterocycles. The minimum Gasteiger partial charge on any atom is -0.382 e. The molecule has 0 aromatic heterocycles. The fraction of sp³-hybridized carbons (Fsp3) is 0.364. The number of benzene rings is 1. The highest BCUT2D eigenvalue weighted by atomic mass is 32.1. The molecule has 1 aliphatic heterocycles. The van der Waals surface area contributed by atoms with Crippen molar-refractivity contribution in [2.45, 2.75) is 25.8 Å². The van der Waals surface area contributed by atoms with E-state index in [1.165, 1.54) is 11.3 Å². The highest BCUT2D eigenvalue weighted by molar-refractivity contribution is 7.80. The molecule has 1 aromatic carbocycles. The molecule has 68 valence electrons. The van der Waals surface area contributed by atoms with E-state index >= 15 is 0 Å². The molecule has 1 atom stereocenters. The summed E-state index contributed by atoms with van der Waals surface area (Å²) in [4.78, 5) is 1.16. The Hall–Kier alpha value is -0.890. The van der Waals surface area contributed by atoms with Crippen molar-refractivity contribution in [1.29, 1.82) is 0 Å². The Labute approximate surface area is 84.2 Å². The van der Waals surface area contributed by atoms with Crippen LogP contribution in [0.1, 0.15) is 18.9 Å². The molecule has 1 aliphatic rings. The average molecular weight is 191 g/mol. The number of hydrogen-bond donors (Lipinski definition) is 1. The van der Waals surface area contributed by atoms with Crippen LogP contribution in [0.5, 0.6) is 0 Å². The molecule has 0 saturated carbocycles. The van der Waals surface area contributed by atoms with Gasteiger partial charge in [0.05, 0.1) is 0 Å². The maximum atomic E-state index is 5.31. The van der Waals surface area contributed by atoms with Gasteiger partial charge in [0.15, 0.2) is 0 Å². The Bertz CT molecular complexity index is 333. The van der Waals surface area contributed by atoms with Gasteiger partial charge in [-0.3, -0.25) is 0 Å². The van der Waals surface area contributed by atoms with Crippen molar-refractivity contribution in [3.05, 3.63) is 29.8 Å². The fourth-order valence-electron chi connectivity index (χ4n) is 1.76. The van der Waals surface area contributed by atoms with Gasteiger partial charge in [0.2, 0.25) is 0 Å². The maximum absolute atomic E-state index is 5.31. The van der Waals surface area contributed by atoms with Crippen LogP contribution in [-0.4, -0.2) is 10.9 Å². The molecule has 0 amide bonds. The number of rotatable bonds is 0. The van der Waals surface area contributed by atoms with Crippen molar-refractivity contribution in [2.24, 2.45) is 0 Å². The maximum Gasteiger partial charge on any atom is 0.0378 e. The summed E-state index contributed by atoms with van der Waals surface area (Å²) in [6.45, 7) is 2.17. The van der Waals surface area contributed by atoms with Crippen LogP contribution < -0.4 is 5.32 Å². The smallest absolute Gasteiger partial charge is 0.0378 e. The Morgan fingerprint density at radius 2 is 2.15 bits per heavy atom. The van der Waals surface area contributed by atoms with Gasteiger partial charge in [0.25, 0.3) is 0 Å². The number of fused-ring (bicyclic) bond motifs is 1. The summed E-state index contributed by atoms with van der Waals surface area (Å²) in [5.74, 6) is 0. The summed E-state index contributed by atoms with van der Waals surface area (Å²) in [6.07, 6.45) is 1.95. The van der Waals surface area contributed by atoms with E-state index in [2.05, 4.69) is 36.5 Å². The normalized spacial score (nSPS) is 21.6. The van der Waals surface area contributed by atoms with E-state index in [0.717, 1.165) is 17.7 Å². The summed E-state index contributed by atoms with van der Waals surface area (Å²) in [5.41, 5.74) is 2.58. The summed E-state index contributed by atoms with van der Waals surface area (Å²) in [6, 6.07) is 8.87. The highest BCUT2D eigenvalue weighted by Gasteiger charge is 2.14. The molecular formula is C11H13NS. The molecule has 13 heavy (non-hydrogen) atoms. The minimum atomic E-state index is 0.469. The van der Waals surface area contributed by atoms with E-state index in [-0.39, 0.29) is 0 Å².